The molecule has 0 radical (unpaired) electrons. The Morgan fingerprint density at radius 1 is 1.38 bits per heavy atom. The van der Waals surface area contributed by atoms with Gasteiger partial charge in [0.2, 0.25) is 0 Å². The van der Waals surface area contributed by atoms with E-state index in [1.165, 1.54) is 7.11 Å². The Kier molecular flexibility index (Phi) is 9.24. The van der Waals surface area contributed by atoms with Crippen LogP contribution in [0.25, 0.3) is 0 Å². The molecule has 0 aliphatic carbocycles. The van der Waals surface area contributed by atoms with Crippen LogP contribution in [0.5, 0.6) is 0 Å². The summed E-state index contributed by atoms with van der Waals surface area (Å²) in [6.45, 7) is 5.68. The summed E-state index contributed by atoms with van der Waals surface area (Å²) in [4.78, 5) is 11.5. The van der Waals surface area contributed by atoms with Gasteiger partial charge in [0.1, 0.15) is 6.04 Å². The molecule has 16 heavy (non-hydrogen) atoms. The van der Waals surface area contributed by atoms with Crippen molar-refractivity contribution >= 4 is 5.97 Å². The van der Waals surface area contributed by atoms with Gasteiger partial charge in [-0.2, -0.15) is 0 Å². The van der Waals surface area contributed by atoms with Gasteiger partial charge in [0.25, 0.3) is 0 Å². The lowest BCUT2D eigenvalue weighted by Crippen LogP contribution is -2.40. The first-order valence-corrected chi connectivity index (χ1v) is 5.95. The minimum Gasteiger partial charge on any atom is -0.468 e. The van der Waals surface area contributed by atoms with E-state index in [1.807, 2.05) is 0 Å². The van der Waals surface area contributed by atoms with Crippen molar-refractivity contribution in [2.24, 2.45) is 5.92 Å². The molecule has 0 heterocycles. The zero-order valence-electron chi connectivity index (χ0n) is 10.9. The molecular formula is C12H25NO3. The highest BCUT2D eigenvalue weighted by atomic mass is 16.5. The first kappa shape index (κ1) is 15.4. The Labute approximate surface area is 98.7 Å². The van der Waals surface area contributed by atoms with E-state index in [4.69, 9.17) is 9.47 Å². The summed E-state index contributed by atoms with van der Waals surface area (Å²) in [6, 6.07) is -0.177. The lowest BCUT2D eigenvalue weighted by molar-refractivity contribution is -0.143. The number of hydrogen-bond donors (Lipinski definition) is 1. The molecule has 0 amide bonds. The Bertz CT molecular complexity index is 185. The molecule has 0 saturated heterocycles. The van der Waals surface area contributed by atoms with Crippen molar-refractivity contribution in [3.05, 3.63) is 0 Å². The van der Waals surface area contributed by atoms with Crippen LogP contribution in [-0.2, 0) is 14.3 Å². The van der Waals surface area contributed by atoms with E-state index in [0.717, 1.165) is 25.8 Å². The Morgan fingerprint density at radius 3 is 2.56 bits per heavy atom. The van der Waals surface area contributed by atoms with Crippen LogP contribution < -0.4 is 5.32 Å². The van der Waals surface area contributed by atoms with Gasteiger partial charge in [-0.05, 0) is 12.3 Å². The normalized spacial score (nSPS) is 14.5. The monoisotopic (exact) mass is 231 g/mol. The van der Waals surface area contributed by atoms with Crippen molar-refractivity contribution in [2.45, 2.75) is 39.2 Å². The molecule has 2 unspecified atom stereocenters. The van der Waals surface area contributed by atoms with Crippen molar-refractivity contribution in [2.75, 3.05) is 27.4 Å². The fourth-order valence-corrected chi connectivity index (χ4v) is 1.54. The van der Waals surface area contributed by atoms with Gasteiger partial charge in [-0.15, -0.1) is 0 Å². The average molecular weight is 231 g/mol. The molecule has 0 spiro atoms. The van der Waals surface area contributed by atoms with E-state index in [-0.39, 0.29) is 12.0 Å². The highest BCUT2D eigenvalue weighted by Crippen LogP contribution is 2.03. The molecule has 4 nitrogen and oxygen atoms in total. The summed E-state index contributed by atoms with van der Waals surface area (Å²) in [5.41, 5.74) is 0. The third-order valence-corrected chi connectivity index (χ3v) is 2.50. The molecule has 0 fully saturated rings. The molecule has 0 aliphatic heterocycles. The lowest BCUT2D eigenvalue weighted by Gasteiger charge is -2.18. The maximum absolute atomic E-state index is 11.5. The predicted molar refractivity (Wildman–Crippen MR) is 64.4 cm³/mol. The van der Waals surface area contributed by atoms with Gasteiger partial charge in [-0.25, -0.2) is 0 Å². The number of unbranched alkanes of at least 4 members (excludes halogenated alkanes) is 1. The fraction of sp³-hybridized carbons (Fsp3) is 0.917. The van der Waals surface area contributed by atoms with Crippen molar-refractivity contribution < 1.29 is 14.3 Å². The molecule has 2 atom stereocenters. The standard InChI is InChI=1S/C12H25NO3/c1-5-6-7-11(12(14)16-4)13-8-10(2)9-15-3/h10-11,13H,5-9H2,1-4H3. The molecule has 0 aromatic heterocycles. The predicted octanol–water partition coefficient (Wildman–Crippen LogP) is 1.59. The molecule has 1 N–H and O–H groups in total. The van der Waals surface area contributed by atoms with Crippen LogP contribution in [0.4, 0.5) is 0 Å². The number of ether oxygens (including phenoxy) is 2. The number of carbonyl (C=O) groups excluding carboxylic acids is 1. The number of hydrogen-bond acceptors (Lipinski definition) is 4. The molecule has 0 aromatic carbocycles. The van der Waals surface area contributed by atoms with Gasteiger partial charge in [-0.3, -0.25) is 4.79 Å². The molecule has 0 aliphatic rings. The summed E-state index contributed by atoms with van der Waals surface area (Å²) in [6.07, 6.45) is 2.96. The van der Waals surface area contributed by atoms with Gasteiger partial charge in [0, 0.05) is 20.3 Å². The van der Waals surface area contributed by atoms with Crippen molar-refractivity contribution in [1.82, 2.24) is 5.32 Å². The highest BCUT2D eigenvalue weighted by molar-refractivity contribution is 5.75. The van der Waals surface area contributed by atoms with E-state index in [2.05, 4.69) is 19.2 Å². The lowest BCUT2D eigenvalue weighted by atomic mass is 10.1. The van der Waals surface area contributed by atoms with Gasteiger partial charge >= 0.3 is 5.97 Å². The van der Waals surface area contributed by atoms with Gasteiger partial charge in [0.05, 0.1) is 7.11 Å². The second-order valence-corrected chi connectivity index (χ2v) is 4.19. The highest BCUT2D eigenvalue weighted by Gasteiger charge is 2.18. The van der Waals surface area contributed by atoms with Crippen molar-refractivity contribution in [3.8, 4) is 0 Å². The topological polar surface area (TPSA) is 47.6 Å². The Morgan fingerprint density at radius 2 is 2.06 bits per heavy atom. The Balaban J connectivity index is 3.95. The van der Waals surface area contributed by atoms with E-state index in [9.17, 15) is 4.79 Å². The summed E-state index contributed by atoms with van der Waals surface area (Å²) < 4.78 is 9.82. The molecular weight excluding hydrogens is 206 g/mol. The smallest absolute Gasteiger partial charge is 0.322 e. The van der Waals surface area contributed by atoms with Crippen molar-refractivity contribution in [3.63, 3.8) is 0 Å². The maximum Gasteiger partial charge on any atom is 0.322 e. The largest absolute Gasteiger partial charge is 0.468 e. The second kappa shape index (κ2) is 9.60. The zero-order chi connectivity index (χ0) is 12.4. The summed E-state index contributed by atoms with van der Waals surface area (Å²) in [5, 5.41) is 3.24. The van der Waals surface area contributed by atoms with Gasteiger partial charge < -0.3 is 14.8 Å². The zero-order valence-corrected chi connectivity index (χ0v) is 10.9. The Hall–Kier alpha value is -0.610. The van der Waals surface area contributed by atoms with Crippen LogP contribution in [0.3, 0.4) is 0 Å². The van der Waals surface area contributed by atoms with Crippen LogP contribution in [0.15, 0.2) is 0 Å². The number of esters is 1. The maximum atomic E-state index is 11.5. The van der Waals surface area contributed by atoms with Crippen LogP contribution in [0.1, 0.15) is 33.1 Å². The van der Waals surface area contributed by atoms with Crippen LogP contribution >= 0.6 is 0 Å². The molecule has 4 heteroatoms. The summed E-state index contributed by atoms with van der Waals surface area (Å²) >= 11 is 0. The van der Waals surface area contributed by atoms with E-state index in [0.29, 0.717) is 12.5 Å². The molecule has 0 aromatic rings. The van der Waals surface area contributed by atoms with Crippen LogP contribution in [0.2, 0.25) is 0 Å². The first-order chi connectivity index (χ1) is 7.65. The van der Waals surface area contributed by atoms with E-state index < -0.39 is 0 Å². The number of methoxy groups -OCH3 is 2. The summed E-state index contributed by atoms with van der Waals surface area (Å²) in [7, 11) is 3.12. The van der Waals surface area contributed by atoms with E-state index >= 15 is 0 Å². The minimum absolute atomic E-state index is 0.168. The van der Waals surface area contributed by atoms with Crippen LogP contribution in [0, 0.1) is 5.92 Å². The van der Waals surface area contributed by atoms with Crippen LogP contribution in [-0.4, -0.2) is 39.4 Å². The van der Waals surface area contributed by atoms with Gasteiger partial charge in [0.15, 0.2) is 0 Å². The fourth-order valence-electron chi connectivity index (χ4n) is 1.54. The second-order valence-electron chi connectivity index (χ2n) is 4.19. The van der Waals surface area contributed by atoms with Crippen molar-refractivity contribution in [1.29, 1.82) is 0 Å². The number of nitrogens with one attached hydrogen (secondary N) is 1. The number of carbonyl (C=O) groups is 1. The van der Waals surface area contributed by atoms with Gasteiger partial charge in [-0.1, -0.05) is 26.7 Å². The van der Waals surface area contributed by atoms with E-state index in [1.54, 1.807) is 7.11 Å². The average Bonchev–Trinajstić information content (AvgIpc) is 2.28. The quantitative estimate of drug-likeness (QED) is 0.612. The third-order valence-electron chi connectivity index (χ3n) is 2.50. The molecule has 0 saturated carbocycles. The first-order valence-electron chi connectivity index (χ1n) is 5.95. The molecule has 0 rings (SSSR count). The molecule has 0 bridgehead atoms. The SMILES string of the molecule is CCCCC(NCC(C)COC)C(=O)OC. The third kappa shape index (κ3) is 6.80. The minimum atomic E-state index is -0.177. The summed E-state index contributed by atoms with van der Waals surface area (Å²) in [5.74, 6) is 0.233. The number of rotatable bonds is 9. The molecule has 96 valence electrons.